The van der Waals surface area contributed by atoms with Crippen molar-refractivity contribution in [3.63, 3.8) is 0 Å². The minimum absolute atomic E-state index is 0.242. The molecule has 0 fully saturated rings. The molecule has 6 heteroatoms. The molecule has 100 valence electrons. The van der Waals surface area contributed by atoms with Gasteiger partial charge < -0.3 is 11.1 Å². The van der Waals surface area contributed by atoms with E-state index in [2.05, 4.69) is 11.9 Å². The third-order valence-corrected chi connectivity index (χ3v) is 4.32. The Labute approximate surface area is 113 Å². The van der Waals surface area contributed by atoms with Crippen LogP contribution in [-0.2, 0) is 9.84 Å². The first kappa shape index (κ1) is 14.9. The number of hydrogen-bond acceptors (Lipinski definition) is 5. The van der Waals surface area contributed by atoms with Crippen molar-refractivity contribution in [1.82, 2.24) is 0 Å². The van der Waals surface area contributed by atoms with Crippen molar-refractivity contribution >= 4 is 33.0 Å². The summed E-state index contributed by atoms with van der Waals surface area (Å²) in [4.78, 5) is 0.242. The van der Waals surface area contributed by atoms with Gasteiger partial charge in [0, 0.05) is 24.3 Å². The van der Waals surface area contributed by atoms with Crippen LogP contribution in [0.4, 0.5) is 11.4 Å². The van der Waals surface area contributed by atoms with E-state index in [0.29, 0.717) is 5.69 Å². The maximum atomic E-state index is 11.3. The average Bonchev–Trinajstić information content (AvgIpc) is 2.29. The van der Waals surface area contributed by atoms with Crippen LogP contribution in [0.5, 0.6) is 0 Å². The molecule has 1 rings (SSSR count). The smallest absolute Gasteiger partial charge is 0.175 e. The van der Waals surface area contributed by atoms with Gasteiger partial charge in [0.1, 0.15) is 0 Å². The Kier molecular flexibility index (Phi) is 5.55. The molecule has 3 N–H and O–H groups in total. The first-order valence-corrected chi connectivity index (χ1v) is 8.52. The predicted octanol–water partition coefficient (Wildman–Crippen LogP) is 2.00. The fraction of sp³-hybridized carbons (Fsp3) is 0.333. The number of sulfone groups is 1. The Balaban J connectivity index is 2.61. The maximum Gasteiger partial charge on any atom is 0.175 e. The molecule has 0 aliphatic heterocycles. The van der Waals surface area contributed by atoms with Crippen LogP contribution in [0.15, 0.2) is 35.7 Å². The molecule has 0 atom stereocenters. The zero-order chi connectivity index (χ0) is 13.6. The fourth-order valence-corrected chi connectivity index (χ4v) is 2.59. The molecular weight excluding hydrogens is 268 g/mol. The second kappa shape index (κ2) is 6.70. The van der Waals surface area contributed by atoms with Crippen molar-refractivity contribution < 1.29 is 8.42 Å². The van der Waals surface area contributed by atoms with E-state index in [-0.39, 0.29) is 4.90 Å². The van der Waals surface area contributed by atoms with Gasteiger partial charge in [0.2, 0.25) is 0 Å². The van der Waals surface area contributed by atoms with Gasteiger partial charge in [-0.2, -0.15) is 11.8 Å². The predicted molar refractivity (Wildman–Crippen MR) is 80.0 cm³/mol. The Morgan fingerprint density at radius 2 is 2.22 bits per heavy atom. The Morgan fingerprint density at radius 1 is 1.50 bits per heavy atom. The molecule has 0 unspecified atom stereocenters. The minimum Gasteiger partial charge on any atom is -0.397 e. The van der Waals surface area contributed by atoms with Crippen molar-refractivity contribution in [2.75, 3.05) is 35.4 Å². The number of thioether (sulfide) groups is 1. The van der Waals surface area contributed by atoms with Gasteiger partial charge in [0.15, 0.2) is 9.84 Å². The van der Waals surface area contributed by atoms with Crippen molar-refractivity contribution in [3.05, 3.63) is 30.9 Å². The third kappa shape index (κ3) is 4.62. The number of hydrogen-bond donors (Lipinski definition) is 2. The SMILES string of the molecule is C=CCSCCNc1ccc(S(C)(=O)=O)cc1N. The number of nitrogens with two attached hydrogens (primary N) is 1. The molecule has 18 heavy (non-hydrogen) atoms. The summed E-state index contributed by atoms with van der Waals surface area (Å²) >= 11 is 1.77. The van der Waals surface area contributed by atoms with Crippen LogP contribution in [0.3, 0.4) is 0 Å². The lowest BCUT2D eigenvalue weighted by Crippen LogP contribution is -2.07. The first-order chi connectivity index (χ1) is 8.45. The van der Waals surface area contributed by atoms with Crippen LogP contribution in [0.2, 0.25) is 0 Å². The number of nitrogen functional groups attached to an aromatic ring is 1. The molecule has 0 saturated carbocycles. The summed E-state index contributed by atoms with van der Waals surface area (Å²) in [5, 5.41) is 3.18. The molecule has 0 spiro atoms. The summed E-state index contributed by atoms with van der Waals surface area (Å²) < 4.78 is 22.7. The highest BCUT2D eigenvalue weighted by Gasteiger charge is 2.08. The molecule has 0 saturated heterocycles. The van der Waals surface area contributed by atoms with Crippen LogP contribution in [0, 0.1) is 0 Å². The number of anilines is 2. The zero-order valence-electron chi connectivity index (χ0n) is 10.3. The van der Waals surface area contributed by atoms with E-state index in [1.54, 1.807) is 23.9 Å². The molecule has 0 aliphatic rings. The second-order valence-corrected chi connectivity index (χ2v) is 6.98. The monoisotopic (exact) mass is 286 g/mol. The number of benzene rings is 1. The molecule has 1 aromatic rings. The lowest BCUT2D eigenvalue weighted by Gasteiger charge is -2.10. The summed E-state index contributed by atoms with van der Waals surface area (Å²) in [6, 6.07) is 4.74. The Hall–Kier alpha value is -1.14. The quantitative estimate of drug-likeness (QED) is 0.456. The molecule has 0 amide bonds. The van der Waals surface area contributed by atoms with Crippen molar-refractivity contribution in [3.8, 4) is 0 Å². The molecule has 0 aliphatic carbocycles. The lowest BCUT2D eigenvalue weighted by atomic mass is 10.2. The van der Waals surface area contributed by atoms with Crippen LogP contribution >= 0.6 is 11.8 Å². The minimum atomic E-state index is -3.20. The molecule has 0 aromatic heterocycles. The van der Waals surface area contributed by atoms with Gasteiger partial charge in [0.25, 0.3) is 0 Å². The van der Waals surface area contributed by atoms with Gasteiger partial charge >= 0.3 is 0 Å². The van der Waals surface area contributed by atoms with E-state index in [1.165, 1.54) is 12.3 Å². The van der Waals surface area contributed by atoms with E-state index < -0.39 is 9.84 Å². The van der Waals surface area contributed by atoms with Gasteiger partial charge in [0.05, 0.1) is 16.3 Å². The zero-order valence-corrected chi connectivity index (χ0v) is 12.0. The van der Waals surface area contributed by atoms with Gasteiger partial charge in [-0.3, -0.25) is 0 Å². The Morgan fingerprint density at radius 3 is 2.78 bits per heavy atom. The van der Waals surface area contributed by atoms with Crippen LogP contribution in [-0.4, -0.2) is 32.7 Å². The summed E-state index contributed by atoms with van der Waals surface area (Å²) in [5.74, 6) is 1.86. The third-order valence-electron chi connectivity index (χ3n) is 2.25. The van der Waals surface area contributed by atoms with E-state index in [9.17, 15) is 8.42 Å². The second-order valence-electron chi connectivity index (χ2n) is 3.81. The van der Waals surface area contributed by atoms with E-state index in [1.807, 2.05) is 6.08 Å². The molecule has 1 aromatic carbocycles. The Bertz CT molecular complexity index is 513. The molecule has 0 heterocycles. The highest BCUT2D eigenvalue weighted by molar-refractivity contribution is 7.99. The van der Waals surface area contributed by atoms with Crippen LogP contribution in [0.1, 0.15) is 0 Å². The van der Waals surface area contributed by atoms with Gasteiger partial charge in [-0.25, -0.2) is 8.42 Å². The van der Waals surface area contributed by atoms with Crippen molar-refractivity contribution in [1.29, 1.82) is 0 Å². The number of rotatable bonds is 7. The van der Waals surface area contributed by atoms with E-state index >= 15 is 0 Å². The topological polar surface area (TPSA) is 72.2 Å². The van der Waals surface area contributed by atoms with Gasteiger partial charge in [-0.1, -0.05) is 6.08 Å². The van der Waals surface area contributed by atoms with Gasteiger partial charge in [-0.05, 0) is 18.2 Å². The normalized spacial score (nSPS) is 11.2. The maximum absolute atomic E-state index is 11.3. The van der Waals surface area contributed by atoms with Gasteiger partial charge in [-0.15, -0.1) is 6.58 Å². The summed E-state index contributed by atoms with van der Waals surface area (Å²) in [7, 11) is -3.20. The standard InChI is InChI=1S/C12H18N2O2S2/c1-3-7-17-8-6-14-12-5-4-10(9-11(12)13)18(2,15)16/h3-5,9,14H,1,6-8,13H2,2H3. The summed E-state index contributed by atoms with van der Waals surface area (Å²) in [5.41, 5.74) is 7.03. The molecular formula is C12H18N2O2S2. The molecule has 4 nitrogen and oxygen atoms in total. The highest BCUT2D eigenvalue weighted by Crippen LogP contribution is 2.22. The highest BCUT2D eigenvalue weighted by atomic mass is 32.2. The molecule has 0 radical (unpaired) electrons. The van der Waals surface area contributed by atoms with Crippen molar-refractivity contribution in [2.24, 2.45) is 0 Å². The van der Waals surface area contributed by atoms with Crippen LogP contribution < -0.4 is 11.1 Å². The summed E-state index contributed by atoms with van der Waals surface area (Å²) in [6.45, 7) is 4.42. The summed E-state index contributed by atoms with van der Waals surface area (Å²) in [6.07, 6.45) is 3.03. The largest absolute Gasteiger partial charge is 0.397 e. The van der Waals surface area contributed by atoms with E-state index in [4.69, 9.17) is 5.73 Å². The lowest BCUT2D eigenvalue weighted by molar-refractivity contribution is 0.602. The average molecular weight is 286 g/mol. The van der Waals surface area contributed by atoms with Crippen molar-refractivity contribution in [2.45, 2.75) is 4.90 Å². The van der Waals surface area contributed by atoms with E-state index in [0.717, 1.165) is 23.7 Å². The molecule has 0 bridgehead atoms. The van der Waals surface area contributed by atoms with Crippen LogP contribution in [0.25, 0.3) is 0 Å². The fourth-order valence-electron chi connectivity index (χ4n) is 1.36. The first-order valence-electron chi connectivity index (χ1n) is 5.47. The number of nitrogens with one attached hydrogen (secondary N) is 1.